The van der Waals surface area contributed by atoms with Crippen molar-refractivity contribution in [3.63, 3.8) is 0 Å². The third kappa shape index (κ3) is 5.52. The van der Waals surface area contributed by atoms with Crippen LogP contribution in [0.1, 0.15) is 43.4 Å². The Kier molecular flexibility index (Phi) is 8.14. The van der Waals surface area contributed by atoms with E-state index in [2.05, 4.69) is 17.1 Å². The predicted molar refractivity (Wildman–Crippen MR) is 90.4 cm³/mol. The Balaban J connectivity index is 0.00000264. The van der Waals surface area contributed by atoms with Crippen LogP contribution >= 0.6 is 24.0 Å². The summed E-state index contributed by atoms with van der Waals surface area (Å²) in [7, 11) is 0. The third-order valence-corrected chi connectivity index (χ3v) is 4.43. The zero-order chi connectivity index (χ0) is 16.2. The van der Waals surface area contributed by atoms with Gasteiger partial charge in [0.15, 0.2) is 0 Å². The summed E-state index contributed by atoms with van der Waals surface area (Å²) in [6, 6.07) is 4.37. The van der Waals surface area contributed by atoms with Gasteiger partial charge in [0, 0.05) is 32.2 Å². The number of hydrogen-bond donors (Lipinski definition) is 1. The lowest BCUT2D eigenvalue weighted by atomic mass is 9.97. The van der Waals surface area contributed by atoms with Crippen molar-refractivity contribution in [2.24, 2.45) is 0 Å². The van der Waals surface area contributed by atoms with Crippen molar-refractivity contribution in [1.82, 2.24) is 10.2 Å². The predicted octanol–water partition coefficient (Wildman–Crippen LogP) is 4.92. The second-order valence-electron chi connectivity index (χ2n) is 5.68. The van der Waals surface area contributed by atoms with Crippen molar-refractivity contribution >= 4 is 24.0 Å². The summed E-state index contributed by atoms with van der Waals surface area (Å²) in [6.07, 6.45) is -1.51. The van der Waals surface area contributed by atoms with Gasteiger partial charge in [-0.15, -0.1) is 12.4 Å². The molecular weight excluding hydrogens is 348 g/mol. The Hall–Kier alpha value is -0.490. The number of hydrogen-bond acceptors (Lipinski definition) is 2. The second kappa shape index (κ2) is 9.11. The van der Waals surface area contributed by atoms with Crippen LogP contribution in [0.2, 0.25) is 5.02 Å². The summed E-state index contributed by atoms with van der Waals surface area (Å²) in [4.78, 5) is 2.27. The second-order valence-corrected chi connectivity index (χ2v) is 6.09. The Morgan fingerprint density at radius 2 is 1.91 bits per heavy atom. The molecule has 0 unspecified atom stereocenters. The molecule has 132 valence electrons. The first-order valence-electron chi connectivity index (χ1n) is 7.75. The zero-order valence-electron chi connectivity index (χ0n) is 13.1. The first-order valence-corrected chi connectivity index (χ1v) is 8.12. The standard InChI is InChI=1S/C16H22ClF3N2.ClH/c1-2-3-4-15(22-9-7-21-8-10-22)12-5-6-14(17)13(11-12)16(18,19)20;/h5-6,11,15,21H,2-4,7-10H2,1H3;1H/t15-;/m0./s1. The molecule has 1 aliphatic heterocycles. The number of benzene rings is 1. The lowest BCUT2D eigenvalue weighted by molar-refractivity contribution is -0.137. The highest BCUT2D eigenvalue weighted by Crippen LogP contribution is 2.37. The molecule has 1 saturated heterocycles. The number of halogens is 5. The molecular formula is C16H23Cl2F3N2. The molecule has 2 rings (SSSR count). The molecule has 1 fully saturated rings. The van der Waals surface area contributed by atoms with Gasteiger partial charge in [-0.3, -0.25) is 4.90 Å². The van der Waals surface area contributed by atoms with Gasteiger partial charge in [0.25, 0.3) is 0 Å². The summed E-state index contributed by atoms with van der Waals surface area (Å²) in [5.41, 5.74) is -0.0182. The summed E-state index contributed by atoms with van der Waals surface area (Å²) in [5, 5.41) is 3.05. The fourth-order valence-corrected chi connectivity index (χ4v) is 3.14. The van der Waals surface area contributed by atoms with Gasteiger partial charge >= 0.3 is 6.18 Å². The topological polar surface area (TPSA) is 15.3 Å². The van der Waals surface area contributed by atoms with Crippen LogP contribution < -0.4 is 5.32 Å². The molecule has 0 bridgehead atoms. The lowest BCUT2D eigenvalue weighted by Crippen LogP contribution is -2.45. The molecule has 23 heavy (non-hydrogen) atoms. The summed E-state index contributed by atoms with van der Waals surface area (Å²) in [5.74, 6) is 0. The van der Waals surface area contributed by atoms with E-state index in [0.29, 0.717) is 5.56 Å². The quantitative estimate of drug-likeness (QED) is 0.791. The minimum atomic E-state index is -4.41. The van der Waals surface area contributed by atoms with Gasteiger partial charge in [-0.2, -0.15) is 13.2 Å². The van der Waals surface area contributed by atoms with Gasteiger partial charge in [0.05, 0.1) is 10.6 Å². The first kappa shape index (κ1) is 20.6. The van der Waals surface area contributed by atoms with E-state index in [1.54, 1.807) is 6.07 Å². The van der Waals surface area contributed by atoms with Crippen LogP contribution in [0.3, 0.4) is 0 Å². The van der Waals surface area contributed by atoms with Crippen molar-refractivity contribution in [2.45, 2.75) is 38.4 Å². The maximum Gasteiger partial charge on any atom is 0.417 e. The molecule has 0 saturated carbocycles. The molecule has 0 aromatic heterocycles. The van der Waals surface area contributed by atoms with E-state index in [1.165, 1.54) is 12.1 Å². The van der Waals surface area contributed by atoms with E-state index in [9.17, 15) is 13.2 Å². The van der Waals surface area contributed by atoms with Crippen molar-refractivity contribution in [2.75, 3.05) is 26.2 Å². The maximum atomic E-state index is 13.1. The number of nitrogens with one attached hydrogen (secondary N) is 1. The van der Waals surface area contributed by atoms with Gasteiger partial charge in [-0.1, -0.05) is 37.4 Å². The molecule has 0 radical (unpaired) electrons. The fraction of sp³-hybridized carbons (Fsp3) is 0.625. The first-order chi connectivity index (χ1) is 10.4. The normalized spacial score (nSPS) is 17.6. The minimum Gasteiger partial charge on any atom is -0.314 e. The zero-order valence-corrected chi connectivity index (χ0v) is 14.7. The average Bonchev–Trinajstić information content (AvgIpc) is 2.49. The Morgan fingerprint density at radius 3 is 2.48 bits per heavy atom. The minimum absolute atomic E-state index is 0. The SMILES string of the molecule is CCCC[C@@H](c1ccc(Cl)c(C(F)(F)F)c1)N1CCNCC1.Cl. The fourth-order valence-electron chi connectivity index (χ4n) is 2.92. The van der Waals surface area contributed by atoms with Gasteiger partial charge in [-0.05, 0) is 24.1 Å². The van der Waals surface area contributed by atoms with Crippen LogP contribution in [-0.2, 0) is 6.18 Å². The van der Waals surface area contributed by atoms with Gasteiger partial charge < -0.3 is 5.32 Å². The van der Waals surface area contributed by atoms with E-state index in [0.717, 1.165) is 45.4 Å². The number of rotatable bonds is 5. The van der Waals surface area contributed by atoms with Crippen molar-refractivity contribution in [3.05, 3.63) is 34.3 Å². The Bertz CT molecular complexity index is 489. The summed E-state index contributed by atoms with van der Waals surface area (Å²) >= 11 is 5.73. The summed E-state index contributed by atoms with van der Waals surface area (Å²) in [6.45, 7) is 5.57. The largest absolute Gasteiger partial charge is 0.417 e. The van der Waals surface area contributed by atoms with E-state index in [4.69, 9.17) is 11.6 Å². The number of unbranched alkanes of at least 4 members (excludes halogenated alkanes) is 1. The smallest absolute Gasteiger partial charge is 0.314 e. The average molecular weight is 371 g/mol. The Labute approximate surface area is 146 Å². The molecule has 0 spiro atoms. The highest BCUT2D eigenvalue weighted by molar-refractivity contribution is 6.31. The van der Waals surface area contributed by atoms with Crippen LogP contribution in [-0.4, -0.2) is 31.1 Å². The van der Waals surface area contributed by atoms with E-state index in [-0.39, 0.29) is 23.5 Å². The Morgan fingerprint density at radius 1 is 1.26 bits per heavy atom. The number of nitrogens with zero attached hydrogens (tertiary/aromatic N) is 1. The monoisotopic (exact) mass is 370 g/mol. The van der Waals surface area contributed by atoms with Gasteiger partial charge in [0.1, 0.15) is 0 Å². The van der Waals surface area contributed by atoms with Gasteiger partial charge in [0.2, 0.25) is 0 Å². The molecule has 7 heteroatoms. The van der Waals surface area contributed by atoms with E-state index >= 15 is 0 Å². The molecule has 1 heterocycles. The third-order valence-electron chi connectivity index (χ3n) is 4.10. The van der Waals surface area contributed by atoms with Crippen LogP contribution in [0.5, 0.6) is 0 Å². The summed E-state index contributed by atoms with van der Waals surface area (Å²) < 4.78 is 39.2. The van der Waals surface area contributed by atoms with E-state index < -0.39 is 11.7 Å². The number of alkyl halides is 3. The molecule has 1 aromatic carbocycles. The molecule has 1 aromatic rings. The van der Waals surface area contributed by atoms with Crippen LogP contribution in [0.25, 0.3) is 0 Å². The van der Waals surface area contributed by atoms with Crippen molar-refractivity contribution < 1.29 is 13.2 Å². The van der Waals surface area contributed by atoms with Crippen molar-refractivity contribution in [3.8, 4) is 0 Å². The van der Waals surface area contributed by atoms with Gasteiger partial charge in [-0.25, -0.2) is 0 Å². The number of piperazine rings is 1. The van der Waals surface area contributed by atoms with Crippen LogP contribution in [0, 0.1) is 0 Å². The molecule has 1 atom stereocenters. The van der Waals surface area contributed by atoms with E-state index in [1.807, 2.05) is 0 Å². The molecule has 0 amide bonds. The maximum absolute atomic E-state index is 13.1. The molecule has 1 aliphatic rings. The van der Waals surface area contributed by atoms with Crippen molar-refractivity contribution in [1.29, 1.82) is 0 Å². The molecule has 0 aliphatic carbocycles. The highest BCUT2D eigenvalue weighted by atomic mass is 35.5. The van der Waals surface area contributed by atoms with Crippen LogP contribution in [0.15, 0.2) is 18.2 Å². The lowest BCUT2D eigenvalue weighted by Gasteiger charge is -2.35. The molecule has 1 N–H and O–H groups in total. The molecule has 2 nitrogen and oxygen atoms in total. The highest BCUT2D eigenvalue weighted by Gasteiger charge is 2.34. The van der Waals surface area contributed by atoms with Crippen LogP contribution in [0.4, 0.5) is 13.2 Å².